The lowest BCUT2D eigenvalue weighted by Gasteiger charge is -2.28. The maximum Gasteiger partial charge on any atom is 0.257 e. The number of amides is 1. The summed E-state index contributed by atoms with van der Waals surface area (Å²) in [6, 6.07) is 0. The highest BCUT2D eigenvalue weighted by Gasteiger charge is 2.28. The number of sulfonamides is 1. The highest BCUT2D eigenvalue weighted by Crippen LogP contribution is 2.27. The van der Waals surface area contributed by atoms with Gasteiger partial charge in [0.15, 0.2) is 5.82 Å². The zero-order valence-corrected chi connectivity index (χ0v) is 16.5. The van der Waals surface area contributed by atoms with E-state index in [4.69, 9.17) is 4.52 Å². The lowest BCUT2D eigenvalue weighted by molar-refractivity contribution is 0.0769. The van der Waals surface area contributed by atoms with E-state index < -0.39 is 10.0 Å². The molecule has 0 atom stereocenters. The van der Waals surface area contributed by atoms with Crippen LogP contribution in [0.2, 0.25) is 0 Å². The first kappa shape index (κ1) is 19.5. The fourth-order valence-corrected chi connectivity index (χ4v) is 3.96. The summed E-state index contributed by atoms with van der Waals surface area (Å²) in [6.45, 7) is 3.75. The van der Waals surface area contributed by atoms with Gasteiger partial charge in [0.2, 0.25) is 15.9 Å². The maximum absolute atomic E-state index is 12.4. The Labute approximate surface area is 158 Å². The zero-order chi connectivity index (χ0) is 19.6. The number of hydrogen-bond donors (Lipinski definition) is 0. The van der Waals surface area contributed by atoms with Crippen molar-refractivity contribution in [2.45, 2.75) is 38.8 Å². The zero-order valence-electron chi connectivity index (χ0n) is 15.7. The molecule has 0 N–H and O–H groups in total. The standard InChI is InChI=1S/C16H24N6O4S/c1-4-21-10-13(9-17-21)16(23)20(2)11-14-18-15(19-26-14)12-5-7-22(8-6-12)27(3,24)25/h9-10,12H,4-8,11H2,1-3H3. The third-order valence-corrected chi connectivity index (χ3v) is 6.00. The second kappa shape index (κ2) is 7.77. The molecule has 2 aromatic rings. The molecule has 0 aliphatic carbocycles. The number of carbonyl (C=O) groups is 1. The van der Waals surface area contributed by atoms with Crippen molar-refractivity contribution in [1.29, 1.82) is 0 Å². The molecule has 0 saturated carbocycles. The van der Waals surface area contributed by atoms with Crippen molar-refractivity contribution in [3.8, 4) is 0 Å². The number of carbonyl (C=O) groups excluding carboxylic acids is 1. The second-order valence-corrected chi connectivity index (χ2v) is 8.71. The highest BCUT2D eigenvalue weighted by molar-refractivity contribution is 7.88. The minimum absolute atomic E-state index is 0.0595. The van der Waals surface area contributed by atoms with Gasteiger partial charge in [-0.05, 0) is 19.8 Å². The first-order valence-corrected chi connectivity index (χ1v) is 10.7. The minimum Gasteiger partial charge on any atom is -0.337 e. The van der Waals surface area contributed by atoms with E-state index in [0.717, 1.165) is 0 Å². The molecule has 1 saturated heterocycles. The van der Waals surface area contributed by atoms with Gasteiger partial charge in [-0.1, -0.05) is 5.16 Å². The fraction of sp³-hybridized carbons (Fsp3) is 0.625. The number of rotatable bonds is 6. The van der Waals surface area contributed by atoms with Crippen LogP contribution in [0.5, 0.6) is 0 Å². The van der Waals surface area contributed by atoms with Crippen molar-refractivity contribution in [3.63, 3.8) is 0 Å². The summed E-state index contributed by atoms with van der Waals surface area (Å²) in [5.41, 5.74) is 0.507. The first-order valence-electron chi connectivity index (χ1n) is 8.83. The average Bonchev–Trinajstić information content (AvgIpc) is 3.30. The summed E-state index contributed by atoms with van der Waals surface area (Å²) in [5.74, 6) is 0.812. The Kier molecular flexibility index (Phi) is 5.61. The van der Waals surface area contributed by atoms with Crippen molar-refractivity contribution in [2.75, 3.05) is 26.4 Å². The van der Waals surface area contributed by atoms with Gasteiger partial charge in [0, 0.05) is 38.8 Å². The van der Waals surface area contributed by atoms with Crippen LogP contribution < -0.4 is 0 Å². The number of aromatic nitrogens is 4. The SMILES string of the molecule is CCn1cc(C(=O)N(C)Cc2nc(C3CCN(S(C)(=O)=O)CC3)no2)cn1. The van der Waals surface area contributed by atoms with Gasteiger partial charge in [0.05, 0.1) is 24.6 Å². The predicted molar refractivity (Wildman–Crippen MR) is 96.4 cm³/mol. The van der Waals surface area contributed by atoms with Gasteiger partial charge in [-0.25, -0.2) is 12.7 Å². The average molecular weight is 396 g/mol. The van der Waals surface area contributed by atoms with Crippen LogP contribution in [0.4, 0.5) is 0 Å². The normalized spacial score (nSPS) is 16.6. The van der Waals surface area contributed by atoms with Crippen LogP contribution >= 0.6 is 0 Å². The molecule has 1 aliphatic heterocycles. The highest BCUT2D eigenvalue weighted by atomic mass is 32.2. The number of hydrogen-bond acceptors (Lipinski definition) is 7. The number of piperidine rings is 1. The van der Waals surface area contributed by atoms with Crippen molar-refractivity contribution >= 4 is 15.9 Å². The number of nitrogens with zero attached hydrogens (tertiary/aromatic N) is 6. The van der Waals surface area contributed by atoms with E-state index in [0.29, 0.717) is 49.8 Å². The predicted octanol–water partition coefficient (Wildman–Crippen LogP) is 0.697. The minimum atomic E-state index is -3.16. The monoisotopic (exact) mass is 396 g/mol. The van der Waals surface area contributed by atoms with Gasteiger partial charge >= 0.3 is 0 Å². The molecule has 1 aliphatic rings. The Hall–Kier alpha value is -2.27. The summed E-state index contributed by atoms with van der Waals surface area (Å²) >= 11 is 0. The molecule has 1 amide bonds. The van der Waals surface area contributed by atoms with Gasteiger partial charge in [0.25, 0.3) is 5.91 Å². The molecule has 11 heteroatoms. The Morgan fingerprint density at radius 2 is 2.07 bits per heavy atom. The molecule has 0 aromatic carbocycles. The Bertz CT molecular complexity index is 898. The van der Waals surface area contributed by atoms with E-state index >= 15 is 0 Å². The lowest BCUT2D eigenvalue weighted by Crippen LogP contribution is -2.37. The molecular weight excluding hydrogens is 372 g/mol. The van der Waals surface area contributed by atoms with E-state index in [1.807, 2.05) is 6.92 Å². The smallest absolute Gasteiger partial charge is 0.257 e. The lowest BCUT2D eigenvalue weighted by atomic mass is 9.98. The van der Waals surface area contributed by atoms with Crippen molar-refractivity contribution < 1.29 is 17.7 Å². The van der Waals surface area contributed by atoms with Crippen LogP contribution in [0.25, 0.3) is 0 Å². The Morgan fingerprint density at radius 3 is 2.67 bits per heavy atom. The van der Waals surface area contributed by atoms with Crippen molar-refractivity contribution in [2.24, 2.45) is 0 Å². The maximum atomic E-state index is 12.4. The van der Waals surface area contributed by atoms with E-state index in [1.54, 1.807) is 17.9 Å². The van der Waals surface area contributed by atoms with Crippen molar-refractivity contribution in [3.05, 3.63) is 29.7 Å². The molecule has 10 nitrogen and oxygen atoms in total. The Balaban J connectivity index is 1.58. The fourth-order valence-electron chi connectivity index (χ4n) is 3.09. The third kappa shape index (κ3) is 4.53. The van der Waals surface area contributed by atoms with Crippen LogP contribution in [0, 0.1) is 0 Å². The molecule has 148 valence electrons. The van der Waals surface area contributed by atoms with Crippen LogP contribution in [0.3, 0.4) is 0 Å². The molecule has 1 fully saturated rings. The molecule has 0 bridgehead atoms. The van der Waals surface area contributed by atoms with Crippen LogP contribution in [-0.2, 0) is 23.1 Å². The Morgan fingerprint density at radius 1 is 1.37 bits per heavy atom. The molecular formula is C16H24N6O4S. The molecule has 3 rings (SSSR count). The molecule has 0 spiro atoms. The quantitative estimate of drug-likeness (QED) is 0.706. The van der Waals surface area contributed by atoms with E-state index in [1.165, 1.54) is 21.7 Å². The van der Waals surface area contributed by atoms with Crippen LogP contribution in [-0.4, -0.2) is 69.8 Å². The van der Waals surface area contributed by atoms with Crippen LogP contribution in [0.15, 0.2) is 16.9 Å². The molecule has 27 heavy (non-hydrogen) atoms. The molecule has 0 unspecified atom stereocenters. The van der Waals surface area contributed by atoms with Crippen LogP contribution in [0.1, 0.15) is 47.8 Å². The topological polar surface area (TPSA) is 114 Å². The first-order chi connectivity index (χ1) is 12.8. The molecule has 3 heterocycles. The third-order valence-electron chi connectivity index (χ3n) is 4.70. The van der Waals surface area contributed by atoms with Gasteiger partial charge in [-0.15, -0.1) is 0 Å². The van der Waals surface area contributed by atoms with E-state index in [2.05, 4.69) is 15.2 Å². The van der Waals surface area contributed by atoms with Gasteiger partial charge in [0.1, 0.15) is 0 Å². The summed E-state index contributed by atoms with van der Waals surface area (Å²) in [6.07, 6.45) is 5.76. The number of aryl methyl sites for hydroxylation is 1. The van der Waals surface area contributed by atoms with Gasteiger partial charge < -0.3 is 9.42 Å². The summed E-state index contributed by atoms with van der Waals surface area (Å²) in [4.78, 5) is 18.3. The molecule has 2 aromatic heterocycles. The summed E-state index contributed by atoms with van der Waals surface area (Å²) in [7, 11) is -1.49. The summed E-state index contributed by atoms with van der Waals surface area (Å²) < 4.78 is 31.6. The van der Waals surface area contributed by atoms with Gasteiger partial charge in [-0.3, -0.25) is 9.48 Å². The largest absolute Gasteiger partial charge is 0.337 e. The van der Waals surface area contributed by atoms with Gasteiger partial charge in [-0.2, -0.15) is 10.1 Å². The van der Waals surface area contributed by atoms with E-state index in [-0.39, 0.29) is 18.4 Å². The molecule has 0 radical (unpaired) electrons. The summed E-state index contributed by atoms with van der Waals surface area (Å²) in [5, 5.41) is 8.13. The second-order valence-electron chi connectivity index (χ2n) is 6.73. The van der Waals surface area contributed by atoms with Crippen molar-refractivity contribution in [1.82, 2.24) is 29.1 Å². The van der Waals surface area contributed by atoms with E-state index in [9.17, 15) is 13.2 Å².